The summed E-state index contributed by atoms with van der Waals surface area (Å²) in [5.41, 5.74) is -0.576. The first kappa shape index (κ1) is 21.5. The minimum absolute atomic E-state index is 0.0437. The lowest BCUT2D eigenvalue weighted by Crippen LogP contribution is -2.46. The van der Waals surface area contributed by atoms with E-state index in [-0.39, 0.29) is 24.3 Å². The van der Waals surface area contributed by atoms with Crippen LogP contribution in [0.3, 0.4) is 0 Å². The van der Waals surface area contributed by atoms with Gasteiger partial charge in [-0.15, -0.1) is 0 Å². The zero-order valence-electron chi connectivity index (χ0n) is 17.0. The van der Waals surface area contributed by atoms with E-state index in [1.807, 2.05) is 0 Å². The number of carbonyl (C=O) groups is 3. The highest BCUT2D eigenvalue weighted by molar-refractivity contribution is 5.82. The Hall–Kier alpha value is -1.79. The van der Waals surface area contributed by atoms with Gasteiger partial charge in [0.15, 0.2) is 0 Å². The molecular weight excluding hydrogens is 346 g/mol. The van der Waals surface area contributed by atoms with Crippen molar-refractivity contribution in [2.45, 2.75) is 71.3 Å². The van der Waals surface area contributed by atoms with E-state index in [1.54, 1.807) is 25.7 Å². The standard InChI is InChI=1S/C20H35N3O4/c1-20(2,3)27-19(26)22-14-17(24)23-11-9-15(10-12-23)13-21-18(25)16-7-5-4-6-8-16/h15-16H,4-14H2,1-3H3,(H,21,25)(H,22,26). The molecule has 2 fully saturated rings. The zero-order chi connectivity index (χ0) is 19.9. The Morgan fingerprint density at radius 2 is 1.59 bits per heavy atom. The molecule has 7 heteroatoms. The van der Waals surface area contributed by atoms with Gasteiger partial charge in [0, 0.05) is 25.6 Å². The van der Waals surface area contributed by atoms with Crippen molar-refractivity contribution in [2.75, 3.05) is 26.2 Å². The van der Waals surface area contributed by atoms with Crippen LogP contribution in [0.1, 0.15) is 65.7 Å². The van der Waals surface area contributed by atoms with E-state index in [0.29, 0.717) is 25.6 Å². The van der Waals surface area contributed by atoms with Crippen molar-refractivity contribution in [3.8, 4) is 0 Å². The van der Waals surface area contributed by atoms with Crippen molar-refractivity contribution in [3.05, 3.63) is 0 Å². The molecule has 7 nitrogen and oxygen atoms in total. The average Bonchev–Trinajstić information content (AvgIpc) is 2.64. The SMILES string of the molecule is CC(C)(C)OC(=O)NCC(=O)N1CCC(CNC(=O)C2CCCCC2)CC1. The molecule has 1 aliphatic heterocycles. The van der Waals surface area contributed by atoms with Crippen LogP contribution in [0.2, 0.25) is 0 Å². The molecule has 1 aliphatic carbocycles. The van der Waals surface area contributed by atoms with E-state index in [2.05, 4.69) is 10.6 Å². The number of nitrogens with zero attached hydrogens (tertiary/aromatic N) is 1. The molecule has 1 saturated heterocycles. The monoisotopic (exact) mass is 381 g/mol. The summed E-state index contributed by atoms with van der Waals surface area (Å²) >= 11 is 0. The van der Waals surface area contributed by atoms with E-state index in [9.17, 15) is 14.4 Å². The Bertz CT molecular complexity index is 516. The number of alkyl carbamates (subject to hydrolysis) is 1. The molecule has 0 aromatic rings. The van der Waals surface area contributed by atoms with Crippen LogP contribution in [0, 0.1) is 11.8 Å². The van der Waals surface area contributed by atoms with Crippen LogP contribution >= 0.6 is 0 Å². The second-order valence-electron chi connectivity index (χ2n) is 8.76. The van der Waals surface area contributed by atoms with Crippen LogP contribution in [-0.2, 0) is 14.3 Å². The predicted molar refractivity (Wildman–Crippen MR) is 103 cm³/mol. The largest absolute Gasteiger partial charge is 0.444 e. The molecule has 0 spiro atoms. The summed E-state index contributed by atoms with van der Waals surface area (Å²) in [6.45, 7) is 7.34. The van der Waals surface area contributed by atoms with Gasteiger partial charge < -0.3 is 20.3 Å². The fourth-order valence-corrected chi connectivity index (χ4v) is 3.71. The summed E-state index contributed by atoms with van der Waals surface area (Å²) in [4.78, 5) is 37.9. The third-order valence-corrected chi connectivity index (χ3v) is 5.29. The molecule has 2 N–H and O–H groups in total. The van der Waals surface area contributed by atoms with Gasteiger partial charge in [-0.05, 0) is 52.4 Å². The van der Waals surface area contributed by atoms with E-state index < -0.39 is 11.7 Å². The third kappa shape index (κ3) is 7.77. The maximum absolute atomic E-state index is 12.2. The van der Waals surface area contributed by atoms with Crippen LogP contribution in [-0.4, -0.2) is 54.6 Å². The Balaban J connectivity index is 1.62. The quantitative estimate of drug-likeness (QED) is 0.766. The molecule has 1 heterocycles. The lowest BCUT2D eigenvalue weighted by Gasteiger charge is -2.32. The molecule has 2 aliphatic rings. The molecule has 0 atom stereocenters. The van der Waals surface area contributed by atoms with E-state index in [1.165, 1.54) is 6.42 Å². The number of ether oxygens (including phenoxy) is 1. The number of rotatable bonds is 5. The van der Waals surface area contributed by atoms with Crippen molar-refractivity contribution >= 4 is 17.9 Å². The highest BCUT2D eigenvalue weighted by Gasteiger charge is 2.26. The summed E-state index contributed by atoms with van der Waals surface area (Å²) in [6, 6.07) is 0. The fourth-order valence-electron chi connectivity index (χ4n) is 3.71. The summed E-state index contributed by atoms with van der Waals surface area (Å²) in [5, 5.41) is 5.63. The molecule has 0 aromatic heterocycles. The fraction of sp³-hybridized carbons (Fsp3) is 0.850. The van der Waals surface area contributed by atoms with Crippen LogP contribution in [0.15, 0.2) is 0 Å². The molecule has 0 bridgehead atoms. The zero-order valence-corrected chi connectivity index (χ0v) is 17.0. The number of carbonyl (C=O) groups excluding carboxylic acids is 3. The van der Waals surface area contributed by atoms with Gasteiger partial charge in [-0.3, -0.25) is 9.59 Å². The van der Waals surface area contributed by atoms with Crippen LogP contribution in [0.25, 0.3) is 0 Å². The van der Waals surface area contributed by atoms with Gasteiger partial charge in [0.1, 0.15) is 12.1 Å². The molecule has 0 unspecified atom stereocenters. The van der Waals surface area contributed by atoms with E-state index in [4.69, 9.17) is 4.74 Å². The molecule has 3 amide bonds. The summed E-state index contributed by atoms with van der Waals surface area (Å²) in [6.07, 6.45) is 6.79. The summed E-state index contributed by atoms with van der Waals surface area (Å²) in [7, 11) is 0. The van der Waals surface area contributed by atoms with Gasteiger partial charge in [-0.25, -0.2) is 4.79 Å². The summed E-state index contributed by atoms with van der Waals surface area (Å²) in [5.74, 6) is 0.722. The third-order valence-electron chi connectivity index (χ3n) is 5.29. The van der Waals surface area contributed by atoms with Crippen molar-refractivity contribution in [2.24, 2.45) is 11.8 Å². The minimum Gasteiger partial charge on any atom is -0.444 e. The number of piperidine rings is 1. The van der Waals surface area contributed by atoms with Crippen LogP contribution < -0.4 is 10.6 Å². The number of hydrogen-bond acceptors (Lipinski definition) is 4. The van der Waals surface area contributed by atoms with E-state index >= 15 is 0 Å². The van der Waals surface area contributed by atoms with Crippen molar-refractivity contribution in [3.63, 3.8) is 0 Å². The number of amides is 3. The smallest absolute Gasteiger partial charge is 0.408 e. The van der Waals surface area contributed by atoms with Gasteiger partial charge in [0.2, 0.25) is 11.8 Å². The molecule has 0 radical (unpaired) electrons. The average molecular weight is 382 g/mol. The van der Waals surface area contributed by atoms with Gasteiger partial charge in [0.05, 0.1) is 0 Å². The number of hydrogen-bond donors (Lipinski definition) is 2. The first-order chi connectivity index (χ1) is 12.7. The molecule has 1 saturated carbocycles. The maximum Gasteiger partial charge on any atom is 0.408 e. The second kappa shape index (κ2) is 9.95. The Morgan fingerprint density at radius 1 is 0.963 bits per heavy atom. The topological polar surface area (TPSA) is 87.7 Å². The van der Waals surface area contributed by atoms with Crippen molar-refractivity contribution in [1.29, 1.82) is 0 Å². The van der Waals surface area contributed by atoms with Gasteiger partial charge in [-0.2, -0.15) is 0 Å². The normalized spacial score (nSPS) is 19.4. The Kier molecular flexibility index (Phi) is 7.92. The first-order valence-electron chi connectivity index (χ1n) is 10.3. The number of likely N-dealkylation sites (tertiary alicyclic amines) is 1. The second-order valence-corrected chi connectivity index (χ2v) is 8.76. The highest BCUT2D eigenvalue weighted by Crippen LogP contribution is 2.24. The molecule has 2 rings (SSSR count). The van der Waals surface area contributed by atoms with Crippen molar-refractivity contribution in [1.82, 2.24) is 15.5 Å². The molecular formula is C20H35N3O4. The number of nitrogens with one attached hydrogen (secondary N) is 2. The molecule has 27 heavy (non-hydrogen) atoms. The van der Waals surface area contributed by atoms with E-state index in [0.717, 1.165) is 38.5 Å². The Labute approximate surface area is 162 Å². The van der Waals surface area contributed by atoms with Crippen molar-refractivity contribution < 1.29 is 19.1 Å². The minimum atomic E-state index is -0.576. The van der Waals surface area contributed by atoms with Gasteiger partial charge in [0.25, 0.3) is 0 Å². The van der Waals surface area contributed by atoms with Crippen LogP contribution in [0.4, 0.5) is 4.79 Å². The predicted octanol–water partition coefficient (Wildman–Crippen LogP) is 2.45. The highest BCUT2D eigenvalue weighted by atomic mass is 16.6. The van der Waals surface area contributed by atoms with Crippen LogP contribution in [0.5, 0.6) is 0 Å². The Morgan fingerprint density at radius 3 is 2.19 bits per heavy atom. The lowest BCUT2D eigenvalue weighted by atomic mass is 9.88. The maximum atomic E-state index is 12.2. The van der Waals surface area contributed by atoms with Gasteiger partial charge >= 0.3 is 6.09 Å². The lowest BCUT2D eigenvalue weighted by molar-refractivity contribution is -0.132. The first-order valence-corrected chi connectivity index (χ1v) is 10.3. The molecule has 0 aromatic carbocycles. The van der Waals surface area contributed by atoms with Gasteiger partial charge in [-0.1, -0.05) is 19.3 Å². The summed E-state index contributed by atoms with van der Waals surface area (Å²) < 4.78 is 5.14. The molecule has 154 valence electrons.